The Labute approximate surface area is 90.1 Å². The number of hydrogen-bond donors (Lipinski definition) is 1. The van der Waals surface area contributed by atoms with Gasteiger partial charge in [-0.25, -0.2) is 0 Å². The molecule has 2 aromatic rings. The largest absolute Gasteiger partial charge is 0.397 e. The van der Waals surface area contributed by atoms with Gasteiger partial charge < -0.3 is 5.73 Å². The van der Waals surface area contributed by atoms with Gasteiger partial charge in [-0.2, -0.15) is 0 Å². The zero-order chi connectivity index (χ0) is 9.97. The number of nitrogens with zero attached hydrogens (tertiary/aromatic N) is 2. The molecule has 1 aromatic heterocycles. The van der Waals surface area contributed by atoms with Gasteiger partial charge in [0.05, 0.1) is 17.6 Å². The van der Waals surface area contributed by atoms with Crippen LogP contribution < -0.4 is 5.73 Å². The fourth-order valence-corrected chi connectivity index (χ4v) is 1.56. The molecule has 0 bridgehead atoms. The van der Waals surface area contributed by atoms with E-state index in [2.05, 4.69) is 25.9 Å². The van der Waals surface area contributed by atoms with Crippen LogP contribution in [-0.2, 0) is 0 Å². The third kappa shape index (κ3) is 1.61. The van der Waals surface area contributed by atoms with Crippen molar-refractivity contribution in [2.75, 3.05) is 5.73 Å². The maximum Gasteiger partial charge on any atom is 0.0906 e. The number of rotatable bonds is 1. The van der Waals surface area contributed by atoms with E-state index < -0.39 is 0 Å². The van der Waals surface area contributed by atoms with Crippen LogP contribution in [0.2, 0.25) is 0 Å². The fourth-order valence-electron chi connectivity index (χ4n) is 1.20. The van der Waals surface area contributed by atoms with Gasteiger partial charge in [0, 0.05) is 22.4 Å². The van der Waals surface area contributed by atoms with Gasteiger partial charge in [0.2, 0.25) is 0 Å². The Kier molecular flexibility index (Phi) is 2.45. The van der Waals surface area contributed by atoms with Gasteiger partial charge in [-0.1, -0.05) is 12.1 Å². The van der Waals surface area contributed by atoms with Gasteiger partial charge in [0.1, 0.15) is 0 Å². The van der Waals surface area contributed by atoms with Crippen molar-refractivity contribution in [2.45, 2.75) is 0 Å². The van der Waals surface area contributed by atoms with Crippen LogP contribution in [0, 0.1) is 0 Å². The number of halogens is 1. The third-order valence-electron chi connectivity index (χ3n) is 1.89. The van der Waals surface area contributed by atoms with Gasteiger partial charge >= 0.3 is 0 Å². The summed E-state index contributed by atoms with van der Waals surface area (Å²) < 4.78 is 0.876. The second kappa shape index (κ2) is 3.75. The number of aromatic nitrogens is 2. The van der Waals surface area contributed by atoms with Crippen LogP contribution in [0.5, 0.6) is 0 Å². The highest BCUT2D eigenvalue weighted by Crippen LogP contribution is 2.29. The highest BCUT2D eigenvalue weighted by molar-refractivity contribution is 9.10. The van der Waals surface area contributed by atoms with Gasteiger partial charge in [0.15, 0.2) is 0 Å². The molecule has 4 heteroatoms. The van der Waals surface area contributed by atoms with Gasteiger partial charge in [-0.3, -0.25) is 9.97 Å². The van der Waals surface area contributed by atoms with Crippen molar-refractivity contribution in [3.63, 3.8) is 0 Å². The van der Waals surface area contributed by atoms with Gasteiger partial charge in [-0.05, 0) is 22.0 Å². The van der Waals surface area contributed by atoms with Crippen LogP contribution in [0.25, 0.3) is 11.3 Å². The molecule has 2 N–H and O–H groups in total. The summed E-state index contributed by atoms with van der Waals surface area (Å²) in [4.78, 5) is 8.19. The van der Waals surface area contributed by atoms with Crippen molar-refractivity contribution < 1.29 is 0 Å². The zero-order valence-electron chi connectivity index (χ0n) is 7.31. The van der Waals surface area contributed by atoms with Crippen molar-refractivity contribution in [3.8, 4) is 11.3 Å². The molecule has 0 aliphatic heterocycles. The van der Waals surface area contributed by atoms with Crippen molar-refractivity contribution >= 4 is 21.6 Å². The molecule has 0 saturated heterocycles. The van der Waals surface area contributed by atoms with E-state index in [-0.39, 0.29) is 0 Å². The normalized spacial score (nSPS) is 10.1. The molecule has 70 valence electrons. The molecule has 0 spiro atoms. The summed E-state index contributed by atoms with van der Waals surface area (Å²) in [7, 11) is 0. The standard InChI is InChI=1S/C10H8BrN3/c11-8-3-1-2-7(10(8)12)9-6-13-4-5-14-9/h1-6H,12H2. The van der Waals surface area contributed by atoms with E-state index >= 15 is 0 Å². The van der Waals surface area contributed by atoms with E-state index in [1.54, 1.807) is 18.6 Å². The number of hydrogen-bond acceptors (Lipinski definition) is 3. The predicted molar refractivity (Wildman–Crippen MR) is 59.6 cm³/mol. The predicted octanol–water partition coefficient (Wildman–Crippen LogP) is 2.49. The minimum absolute atomic E-state index is 0.688. The van der Waals surface area contributed by atoms with Crippen LogP contribution in [0.1, 0.15) is 0 Å². The first-order valence-electron chi connectivity index (χ1n) is 4.09. The summed E-state index contributed by atoms with van der Waals surface area (Å²) in [5, 5.41) is 0. The first-order valence-corrected chi connectivity index (χ1v) is 4.88. The Balaban J connectivity index is 2.58. The molecule has 0 saturated carbocycles. The highest BCUT2D eigenvalue weighted by Gasteiger charge is 2.05. The topological polar surface area (TPSA) is 51.8 Å². The average Bonchev–Trinajstić information content (AvgIpc) is 2.23. The summed E-state index contributed by atoms with van der Waals surface area (Å²) in [5.41, 5.74) is 8.27. The summed E-state index contributed by atoms with van der Waals surface area (Å²) in [6, 6.07) is 5.74. The fraction of sp³-hybridized carbons (Fsp3) is 0. The monoisotopic (exact) mass is 249 g/mol. The van der Waals surface area contributed by atoms with Crippen LogP contribution in [0.4, 0.5) is 5.69 Å². The summed E-state index contributed by atoms with van der Waals surface area (Å²) in [6.07, 6.45) is 4.98. The quantitative estimate of drug-likeness (QED) is 0.791. The average molecular weight is 250 g/mol. The minimum atomic E-state index is 0.688. The van der Waals surface area contributed by atoms with Crippen molar-refractivity contribution in [3.05, 3.63) is 41.3 Å². The van der Waals surface area contributed by atoms with Crippen LogP contribution in [0.15, 0.2) is 41.3 Å². The van der Waals surface area contributed by atoms with Crippen molar-refractivity contribution in [1.82, 2.24) is 9.97 Å². The van der Waals surface area contributed by atoms with E-state index in [1.807, 2.05) is 18.2 Å². The lowest BCUT2D eigenvalue weighted by Crippen LogP contribution is -1.93. The zero-order valence-corrected chi connectivity index (χ0v) is 8.90. The van der Waals surface area contributed by atoms with E-state index in [1.165, 1.54) is 0 Å². The Hall–Kier alpha value is -1.42. The molecule has 0 unspecified atom stereocenters. The van der Waals surface area contributed by atoms with Crippen LogP contribution in [-0.4, -0.2) is 9.97 Å². The number of nitrogen functional groups attached to an aromatic ring is 1. The Morgan fingerprint density at radius 2 is 2.07 bits per heavy atom. The Bertz CT molecular complexity index is 442. The number of anilines is 1. The second-order valence-electron chi connectivity index (χ2n) is 2.79. The molecule has 0 aliphatic carbocycles. The van der Waals surface area contributed by atoms with Crippen LogP contribution >= 0.6 is 15.9 Å². The van der Waals surface area contributed by atoms with Crippen molar-refractivity contribution in [1.29, 1.82) is 0 Å². The molecule has 0 atom stereocenters. The molecule has 1 aromatic carbocycles. The Morgan fingerprint density at radius 3 is 2.79 bits per heavy atom. The minimum Gasteiger partial charge on any atom is -0.397 e. The van der Waals surface area contributed by atoms with E-state index in [4.69, 9.17) is 5.73 Å². The lowest BCUT2D eigenvalue weighted by Gasteiger charge is -2.05. The van der Waals surface area contributed by atoms with Crippen molar-refractivity contribution in [2.24, 2.45) is 0 Å². The first-order chi connectivity index (χ1) is 6.79. The molecule has 0 radical (unpaired) electrons. The molecular weight excluding hydrogens is 242 g/mol. The third-order valence-corrected chi connectivity index (χ3v) is 2.58. The molecule has 2 rings (SSSR count). The SMILES string of the molecule is Nc1c(Br)cccc1-c1cnccn1. The molecule has 3 nitrogen and oxygen atoms in total. The first kappa shape index (κ1) is 9.15. The number of nitrogens with two attached hydrogens (primary N) is 1. The van der Waals surface area contributed by atoms with E-state index in [9.17, 15) is 0 Å². The van der Waals surface area contributed by atoms with Gasteiger partial charge in [0.25, 0.3) is 0 Å². The number of benzene rings is 1. The summed E-state index contributed by atoms with van der Waals surface area (Å²) >= 11 is 3.37. The van der Waals surface area contributed by atoms with E-state index in [0.717, 1.165) is 15.7 Å². The molecular formula is C10H8BrN3. The smallest absolute Gasteiger partial charge is 0.0906 e. The highest BCUT2D eigenvalue weighted by atomic mass is 79.9. The molecule has 0 amide bonds. The lowest BCUT2D eigenvalue weighted by molar-refractivity contribution is 1.21. The Morgan fingerprint density at radius 1 is 1.21 bits per heavy atom. The summed E-state index contributed by atoms with van der Waals surface area (Å²) in [5.74, 6) is 0. The maximum absolute atomic E-state index is 5.90. The van der Waals surface area contributed by atoms with Gasteiger partial charge in [-0.15, -0.1) is 0 Å². The number of para-hydroxylation sites is 1. The molecule has 1 heterocycles. The maximum atomic E-state index is 5.90. The summed E-state index contributed by atoms with van der Waals surface area (Å²) in [6.45, 7) is 0. The van der Waals surface area contributed by atoms with E-state index in [0.29, 0.717) is 5.69 Å². The van der Waals surface area contributed by atoms with Crippen LogP contribution in [0.3, 0.4) is 0 Å². The lowest BCUT2D eigenvalue weighted by atomic mass is 10.1. The molecule has 0 aliphatic rings. The second-order valence-corrected chi connectivity index (χ2v) is 3.65. The molecule has 0 fully saturated rings. The molecule has 14 heavy (non-hydrogen) atoms.